The Morgan fingerprint density at radius 3 is 2.48 bits per heavy atom. The molecule has 0 radical (unpaired) electrons. The Balaban J connectivity index is 1.39. The Kier molecular flexibility index (Phi) is 6.99. The molecule has 0 N–H and O–H groups in total. The molecule has 1 aliphatic heterocycles. The molecular formula is C22H28N4O. The molecule has 1 aromatic heterocycles. The fraction of sp³-hybridized carbons (Fsp3) is 0.364. The Morgan fingerprint density at radius 1 is 1.07 bits per heavy atom. The number of urea groups is 1. The first-order valence-corrected chi connectivity index (χ1v) is 9.55. The molecule has 27 heavy (non-hydrogen) atoms. The van der Waals surface area contributed by atoms with Gasteiger partial charge in [-0.2, -0.15) is 0 Å². The van der Waals surface area contributed by atoms with E-state index in [2.05, 4.69) is 46.3 Å². The molecule has 2 heterocycles. The van der Waals surface area contributed by atoms with Crippen LogP contribution in [0, 0.1) is 0 Å². The number of likely N-dealkylation sites (N-methyl/N-ethyl adjacent to an activating group) is 1. The van der Waals surface area contributed by atoms with Gasteiger partial charge in [0.15, 0.2) is 0 Å². The highest BCUT2D eigenvalue weighted by molar-refractivity contribution is 5.74. The lowest BCUT2D eigenvalue weighted by molar-refractivity contribution is 0.124. The normalized spacial score (nSPS) is 15.2. The summed E-state index contributed by atoms with van der Waals surface area (Å²) in [4.78, 5) is 22.8. The van der Waals surface area contributed by atoms with E-state index < -0.39 is 0 Å². The first-order valence-electron chi connectivity index (χ1n) is 9.55. The van der Waals surface area contributed by atoms with E-state index in [4.69, 9.17) is 0 Å². The van der Waals surface area contributed by atoms with Crippen molar-refractivity contribution in [2.24, 2.45) is 0 Å². The summed E-state index contributed by atoms with van der Waals surface area (Å²) in [6.45, 7) is 5.07. The largest absolute Gasteiger partial charge is 0.327 e. The van der Waals surface area contributed by atoms with Crippen LogP contribution in [0.15, 0.2) is 60.9 Å². The number of rotatable bonds is 6. The summed E-state index contributed by atoms with van der Waals surface area (Å²) < 4.78 is 0. The molecule has 0 saturated carbocycles. The van der Waals surface area contributed by atoms with Gasteiger partial charge in [0.2, 0.25) is 0 Å². The van der Waals surface area contributed by atoms with E-state index in [1.54, 1.807) is 12.4 Å². The number of benzene rings is 1. The maximum Gasteiger partial charge on any atom is 0.319 e. The van der Waals surface area contributed by atoms with E-state index in [-0.39, 0.29) is 6.03 Å². The van der Waals surface area contributed by atoms with Gasteiger partial charge in [0.05, 0.1) is 0 Å². The molecule has 2 aromatic rings. The van der Waals surface area contributed by atoms with Gasteiger partial charge in [0.1, 0.15) is 0 Å². The number of carbonyl (C=O) groups is 1. The van der Waals surface area contributed by atoms with Crippen molar-refractivity contribution in [2.75, 3.05) is 46.3 Å². The number of aromatic nitrogens is 1. The zero-order chi connectivity index (χ0) is 18.9. The molecule has 0 unspecified atom stereocenters. The van der Waals surface area contributed by atoms with Gasteiger partial charge in [-0.05, 0) is 29.7 Å². The number of amides is 2. The summed E-state index contributed by atoms with van der Waals surface area (Å²) in [6.07, 6.45) is 8.80. The molecule has 3 rings (SSSR count). The first-order chi connectivity index (χ1) is 13.2. The van der Waals surface area contributed by atoms with E-state index in [9.17, 15) is 4.79 Å². The predicted octanol–water partition coefficient (Wildman–Crippen LogP) is 3.01. The van der Waals surface area contributed by atoms with Crippen LogP contribution < -0.4 is 0 Å². The number of hydrogen-bond donors (Lipinski definition) is 0. The van der Waals surface area contributed by atoms with Gasteiger partial charge in [-0.25, -0.2) is 4.79 Å². The lowest BCUT2D eigenvalue weighted by Gasteiger charge is -2.36. The second-order valence-electron chi connectivity index (χ2n) is 6.91. The molecule has 0 atom stereocenters. The lowest BCUT2D eigenvalue weighted by Crippen LogP contribution is -2.52. The topological polar surface area (TPSA) is 39.7 Å². The van der Waals surface area contributed by atoms with Crippen molar-refractivity contribution in [3.8, 4) is 0 Å². The lowest BCUT2D eigenvalue weighted by atomic mass is 10.2. The van der Waals surface area contributed by atoms with E-state index in [0.717, 1.165) is 45.7 Å². The van der Waals surface area contributed by atoms with Gasteiger partial charge in [-0.15, -0.1) is 0 Å². The third kappa shape index (κ3) is 5.93. The van der Waals surface area contributed by atoms with Crippen molar-refractivity contribution in [2.45, 2.75) is 6.42 Å². The molecule has 142 valence electrons. The molecule has 1 aliphatic rings. The van der Waals surface area contributed by atoms with Gasteiger partial charge in [-0.1, -0.05) is 42.5 Å². The van der Waals surface area contributed by atoms with Crippen LogP contribution in [0.25, 0.3) is 6.08 Å². The predicted molar refractivity (Wildman–Crippen MR) is 109 cm³/mol. The number of pyridine rings is 1. The van der Waals surface area contributed by atoms with Crippen LogP contribution in [0.1, 0.15) is 11.1 Å². The SMILES string of the molecule is CN(CCc1ccncc1)C(=O)N1CCN(C/C=C/c2ccccc2)CC1. The van der Waals surface area contributed by atoms with Crippen LogP contribution in [0.3, 0.4) is 0 Å². The van der Waals surface area contributed by atoms with Crippen LogP contribution in [0.5, 0.6) is 0 Å². The molecule has 5 nitrogen and oxygen atoms in total. The van der Waals surface area contributed by atoms with Gasteiger partial charge >= 0.3 is 6.03 Å². The van der Waals surface area contributed by atoms with Crippen molar-refractivity contribution in [1.29, 1.82) is 0 Å². The number of hydrogen-bond acceptors (Lipinski definition) is 3. The second kappa shape index (κ2) is 9.88. The number of piperazine rings is 1. The molecular weight excluding hydrogens is 336 g/mol. The van der Waals surface area contributed by atoms with E-state index in [1.165, 1.54) is 11.1 Å². The fourth-order valence-electron chi connectivity index (χ4n) is 3.21. The molecule has 1 aromatic carbocycles. The molecule has 0 bridgehead atoms. The van der Waals surface area contributed by atoms with Gasteiger partial charge in [0, 0.05) is 58.7 Å². The van der Waals surface area contributed by atoms with Crippen molar-refractivity contribution in [3.63, 3.8) is 0 Å². The Morgan fingerprint density at radius 2 is 1.78 bits per heavy atom. The first kappa shape index (κ1) is 19.1. The number of nitrogens with zero attached hydrogens (tertiary/aromatic N) is 4. The van der Waals surface area contributed by atoms with Crippen LogP contribution in [-0.2, 0) is 6.42 Å². The fourth-order valence-corrected chi connectivity index (χ4v) is 3.21. The zero-order valence-corrected chi connectivity index (χ0v) is 16.0. The average molecular weight is 364 g/mol. The Hall–Kier alpha value is -2.66. The summed E-state index contributed by atoms with van der Waals surface area (Å²) in [7, 11) is 1.89. The minimum Gasteiger partial charge on any atom is -0.327 e. The van der Waals surface area contributed by atoms with E-state index >= 15 is 0 Å². The summed E-state index contributed by atoms with van der Waals surface area (Å²) in [5, 5.41) is 0. The van der Waals surface area contributed by atoms with Crippen LogP contribution in [-0.4, -0.2) is 72.0 Å². The Labute approximate surface area is 161 Å². The summed E-state index contributed by atoms with van der Waals surface area (Å²) in [5.41, 5.74) is 2.43. The highest BCUT2D eigenvalue weighted by Crippen LogP contribution is 2.07. The molecule has 1 saturated heterocycles. The van der Waals surface area contributed by atoms with Crippen LogP contribution >= 0.6 is 0 Å². The van der Waals surface area contributed by atoms with Crippen molar-refractivity contribution < 1.29 is 4.79 Å². The maximum absolute atomic E-state index is 12.6. The minimum absolute atomic E-state index is 0.128. The maximum atomic E-state index is 12.6. The minimum atomic E-state index is 0.128. The summed E-state index contributed by atoms with van der Waals surface area (Å²) in [5.74, 6) is 0. The number of carbonyl (C=O) groups excluding carboxylic acids is 1. The second-order valence-corrected chi connectivity index (χ2v) is 6.91. The van der Waals surface area contributed by atoms with E-state index in [0.29, 0.717) is 0 Å². The van der Waals surface area contributed by atoms with Gasteiger partial charge in [0.25, 0.3) is 0 Å². The summed E-state index contributed by atoms with van der Waals surface area (Å²) in [6, 6.07) is 14.5. The average Bonchev–Trinajstić information content (AvgIpc) is 2.73. The quantitative estimate of drug-likeness (QED) is 0.791. The standard InChI is InChI=1S/C22H28N4O/c1-24(15-11-21-9-12-23-13-10-21)22(27)26-18-16-25(17-19-26)14-5-8-20-6-3-2-4-7-20/h2-10,12-13H,11,14-19H2,1H3/b8-5+. The molecule has 1 fully saturated rings. The van der Waals surface area contributed by atoms with E-state index in [1.807, 2.05) is 35.0 Å². The van der Waals surface area contributed by atoms with Crippen molar-refractivity contribution >= 4 is 12.1 Å². The molecule has 2 amide bonds. The Bertz CT molecular complexity index is 724. The highest BCUT2D eigenvalue weighted by Gasteiger charge is 2.22. The van der Waals surface area contributed by atoms with Crippen molar-refractivity contribution in [3.05, 3.63) is 72.1 Å². The summed E-state index contributed by atoms with van der Waals surface area (Å²) >= 11 is 0. The van der Waals surface area contributed by atoms with Crippen molar-refractivity contribution in [1.82, 2.24) is 19.7 Å². The monoisotopic (exact) mass is 364 g/mol. The van der Waals surface area contributed by atoms with Crippen LogP contribution in [0.4, 0.5) is 4.79 Å². The van der Waals surface area contributed by atoms with Crippen LogP contribution in [0.2, 0.25) is 0 Å². The molecule has 0 aliphatic carbocycles. The van der Waals surface area contributed by atoms with Gasteiger partial charge in [-0.3, -0.25) is 9.88 Å². The van der Waals surface area contributed by atoms with Gasteiger partial charge < -0.3 is 9.80 Å². The zero-order valence-electron chi connectivity index (χ0n) is 16.0. The molecule has 0 spiro atoms. The third-order valence-corrected chi connectivity index (χ3v) is 4.93. The third-order valence-electron chi connectivity index (χ3n) is 4.93. The molecule has 5 heteroatoms. The highest BCUT2D eigenvalue weighted by atomic mass is 16.2. The smallest absolute Gasteiger partial charge is 0.319 e.